The molecule has 2 aromatic rings. The molecule has 1 amide bonds. The van der Waals surface area contributed by atoms with Gasteiger partial charge in [0.15, 0.2) is 11.5 Å². The van der Waals surface area contributed by atoms with Crippen LogP contribution in [0.1, 0.15) is 19.4 Å². The molecule has 0 radical (unpaired) electrons. The second-order valence-electron chi connectivity index (χ2n) is 5.75. The van der Waals surface area contributed by atoms with Gasteiger partial charge in [-0.15, -0.1) is 0 Å². The summed E-state index contributed by atoms with van der Waals surface area (Å²) in [6.45, 7) is 4.23. The van der Waals surface area contributed by atoms with Gasteiger partial charge in [-0.05, 0) is 75.5 Å². The van der Waals surface area contributed by atoms with Gasteiger partial charge in [0.05, 0.1) is 35.2 Å². The van der Waals surface area contributed by atoms with Crippen molar-refractivity contribution in [2.75, 3.05) is 18.7 Å². The smallest absolute Gasteiger partial charge is 0.280 e. The lowest BCUT2D eigenvalue weighted by Crippen LogP contribution is -2.21. The number of para-hydroxylation sites is 1. The van der Waals surface area contributed by atoms with Crippen LogP contribution in [0.3, 0.4) is 0 Å². The predicted octanol–water partition coefficient (Wildman–Crippen LogP) is 5.43. The van der Waals surface area contributed by atoms with Crippen LogP contribution in [-0.4, -0.2) is 25.3 Å². The molecule has 7 heteroatoms. The number of amides is 1. The Labute approximate surface area is 174 Å². The van der Waals surface area contributed by atoms with Gasteiger partial charge in [-0.3, -0.25) is 4.79 Å². The van der Waals surface area contributed by atoms with E-state index in [2.05, 4.69) is 37.0 Å². The van der Waals surface area contributed by atoms with E-state index in [4.69, 9.17) is 9.47 Å². The molecule has 3 rings (SSSR count). The van der Waals surface area contributed by atoms with E-state index in [-0.39, 0.29) is 5.91 Å². The van der Waals surface area contributed by atoms with Crippen LogP contribution in [0.25, 0.3) is 6.08 Å². The number of rotatable bonds is 5. The topological polar surface area (TPSA) is 51.1 Å². The van der Waals surface area contributed by atoms with Gasteiger partial charge in [0.1, 0.15) is 0 Å². The summed E-state index contributed by atoms with van der Waals surface area (Å²) in [5.41, 5.74) is 2.70. The van der Waals surface area contributed by atoms with Gasteiger partial charge in [0.25, 0.3) is 5.91 Å². The average Bonchev–Trinajstić information content (AvgIpc) is 2.95. The lowest BCUT2D eigenvalue weighted by molar-refractivity contribution is -0.114. The molecule has 0 aromatic heterocycles. The van der Waals surface area contributed by atoms with Crippen LogP contribution in [0.15, 0.2) is 56.0 Å². The molecule has 1 heterocycles. The number of halogens is 2. The van der Waals surface area contributed by atoms with Crippen molar-refractivity contribution in [1.29, 1.82) is 0 Å². The summed E-state index contributed by atoms with van der Waals surface area (Å²) in [6, 6.07) is 11.2. The minimum absolute atomic E-state index is 0.171. The van der Waals surface area contributed by atoms with Gasteiger partial charge < -0.3 is 9.47 Å². The lowest BCUT2D eigenvalue weighted by Gasteiger charge is -2.15. The van der Waals surface area contributed by atoms with Crippen molar-refractivity contribution in [3.8, 4) is 11.5 Å². The molecule has 5 nitrogen and oxygen atoms in total. The highest BCUT2D eigenvalue weighted by molar-refractivity contribution is 9.13. The molecular weight excluding hydrogens is 476 g/mol. The molecule has 0 fully saturated rings. The molecule has 0 spiro atoms. The first-order valence-corrected chi connectivity index (χ1v) is 9.92. The molecule has 27 heavy (non-hydrogen) atoms. The zero-order valence-corrected chi connectivity index (χ0v) is 18.3. The molecule has 0 unspecified atom stereocenters. The van der Waals surface area contributed by atoms with Gasteiger partial charge in [0, 0.05) is 4.47 Å². The molecule has 140 valence electrons. The van der Waals surface area contributed by atoms with Crippen LogP contribution in [0, 0.1) is 0 Å². The number of hydrazone groups is 1. The summed E-state index contributed by atoms with van der Waals surface area (Å²) in [4.78, 5) is 12.9. The fourth-order valence-corrected chi connectivity index (χ4v) is 3.74. The Morgan fingerprint density at radius 2 is 1.89 bits per heavy atom. The molecule has 0 atom stereocenters. The number of carbonyl (C=O) groups is 1. The van der Waals surface area contributed by atoms with Crippen LogP contribution in [0.5, 0.6) is 11.5 Å². The van der Waals surface area contributed by atoms with Crippen molar-refractivity contribution < 1.29 is 14.3 Å². The summed E-state index contributed by atoms with van der Waals surface area (Å²) < 4.78 is 12.6. The van der Waals surface area contributed by atoms with E-state index in [1.807, 2.05) is 50.2 Å². The third-order valence-electron chi connectivity index (χ3n) is 4.02. The first kappa shape index (κ1) is 19.6. The number of carbonyl (C=O) groups excluding carboxylic acids is 1. The molecule has 0 N–H and O–H groups in total. The summed E-state index contributed by atoms with van der Waals surface area (Å²) >= 11 is 7.11. The molecule has 0 aliphatic carbocycles. The first-order valence-electron chi connectivity index (χ1n) is 8.33. The quantitative estimate of drug-likeness (QED) is 0.522. The molecule has 1 aliphatic rings. The lowest BCUT2D eigenvalue weighted by atomic mass is 10.1. The van der Waals surface area contributed by atoms with Crippen LogP contribution in [0.4, 0.5) is 5.69 Å². The maximum atomic E-state index is 12.9. The van der Waals surface area contributed by atoms with Crippen LogP contribution in [-0.2, 0) is 4.79 Å². The normalized spacial score (nSPS) is 15.3. The standard InChI is InChI=1S/C20H18Br2N2O3/c1-4-27-16-11-13(17(21)18(22)19(16)26-3)10-15-12(2)23-24(20(15)25)14-8-6-5-7-9-14/h5-11H,4H2,1-3H3. The molecule has 2 aromatic carbocycles. The predicted molar refractivity (Wildman–Crippen MR) is 115 cm³/mol. The summed E-state index contributed by atoms with van der Waals surface area (Å²) in [5, 5.41) is 5.82. The maximum Gasteiger partial charge on any atom is 0.280 e. The van der Waals surface area contributed by atoms with Crippen LogP contribution in [0.2, 0.25) is 0 Å². The summed E-state index contributed by atoms with van der Waals surface area (Å²) in [6.07, 6.45) is 1.81. The van der Waals surface area contributed by atoms with Crippen LogP contribution < -0.4 is 14.5 Å². The Balaban J connectivity index is 2.04. The highest BCUT2D eigenvalue weighted by atomic mass is 79.9. The monoisotopic (exact) mass is 492 g/mol. The Morgan fingerprint density at radius 3 is 2.52 bits per heavy atom. The number of ether oxygens (including phenoxy) is 2. The van der Waals surface area contributed by atoms with Crippen molar-refractivity contribution in [2.45, 2.75) is 13.8 Å². The van der Waals surface area contributed by atoms with Crippen molar-refractivity contribution >= 4 is 55.2 Å². The van der Waals surface area contributed by atoms with E-state index >= 15 is 0 Å². The molecule has 0 saturated carbocycles. The molecular formula is C20H18Br2N2O3. The fourth-order valence-electron chi connectivity index (χ4n) is 2.75. The Hall–Kier alpha value is -2.12. The van der Waals surface area contributed by atoms with E-state index in [1.54, 1.807) is 13.2 Å². The molecule has 0 bridgehead atoms. The van der Waals surface area contributed by atoms with Gasteiger partial charge >= 0.3 is 0 Å². The highest BCUT2D eigenvalue weighted by Crippen LogP contribution is 2.43. The van der Waals surface area contributed by atoms with Crippen molar-refractivity contribution in [3.63, 3.8) is 0 Å². The highest BCUT2D eigenvalue weighted by Gasteiger charge is 2.29. The van der Waals surface area contributed by atoms with E-state index < -0.39 is 0 Å². The van der Waals surface area contributed by atoms with Gasteiger partial charge in [-0.25, -0.2) is 0 Å². The van der Waals surface area contributed by atoms with Crippen molar-refractivity contribution in [1.82, 2.24) is 0 Å². The number of hydrogen-bond donors (Lipinski definition) is 0. The summed E-state index contributed by atoms with van der Waals surface area (Å²) in [7, 11) is 1.59. The van der Waals surface area contributed by atoms with E-state index in [1.165, 1.54) is 5.01 Å². The average molecular weight is 494 g/mol. The Kier molecular flexibility index (Phi) is 6.01. The zero-order valence-electron chi connectivity index (χ0n) is 15.1. The number of nitrogens with zero attached hydrogens (tertiary/aromatic N) is 2. The zero-order chi connectivity index (χ0) is 19.6. The Morgan fingerprint density at radius 1 is 1.19 bits per heavy atom. The molecule has 1 aliphatic heterocycles. The fraction of sp³-hybridized carbons (Fsp3) is 0.200. The van der Waals surface area contributed by atoms with Gasteiger partial charge in [-0.2, -0.15) is 10.1 Å². The minimum atomic E-state index is -0.171. The third kappa shape index (κ3) is 3.80. The number of anilines is 1. The second kappa shape index (κ2) is 8.27. The van der Waals surface area contributed by atoms with Crippen molar-refractivity contribution in [2.24, 2.45) is 5.10 Å². The second-order valence-corrected chi connectivity index (χ2v) is 7.34. The first-order chi connectivity index (χ1) is 13.0. The van der Waals surface area contributed by atoms with Gasteiger partial charge in [0.2, 0.25) is 0 Å². The largest absolute Gasteiger partial charge is 0.492 e. The van der Waals surface area contributed by atoms with Crippen LogP contribution >= 0.6 is 31.9 Å². The van der Waals surface area contributed by atoms with E-state index in [0.29, 0.717) is 29.4 Å². The summed E-state index contributed by atoms with van der Waals surface area (Å²) in [5.74, 6) is 1.03. The molecule has 0 saturated heterocycles. The van der Waals surface area contributed by atoms with Gasteiger partial charge in [-0.1, -0.05) is 18.2 Å². The van der Waals surface area contributed by atoms with E-state index in [9.17, 15) is 4.79 Å². The van der Waals surface area contributed by atoms with Crippen molar-refractivity contribution in [3.05, 3.63) is 56.5 Å². The number of methoxy groups -OCH3 is 1. The maximum absolute atomic E-state index is 12.9. The number of benzene rings is 2. The number of hydrogen-bond acceptors (Lipinski definition) is 4. The third-order valence-corrected chi connectivity index (χ3v) is 6.17. The SMILES string of the molecule is CCOc1cc(C=C2C(=O)N(c3ccccc3)N=C2C)c(Br)c(Br)c1OC. The van der Waals surface area contributed by atoms with E-state index in [0.717, 1.165) is 20.2 Å². The minimum Gasteiger partial charge on any atom is -0.492 e. The Bertz CT molecular complexity index is 940.